The number of thiazole rings is 1. The highest BCUT2D eigenvalue weighted by Gasteiger charge is 2.48. The summed E-state index contributed by atoms with van der Waals surface area (Å²) >= 11 is 1.19. The maximum atomic E-state index is 12.9. The minimum absolute atomic E-state index is 0.0358. The standard InChI is InChI=1S/C15H15N3O4S2/c1-9(2)18-12(14(20)17-15-16-7-8-23-15)13(19)10-5-3-4-6-11(10)24(18,21)22/h3-9,12H,1-2H3,(H,16,17,20). The zero-order valence-corrected chi connectivity index (χ0v) is 14.6. The quantitative estimate of drug-likeness (QED) is 0.836. The SMILES string of the molecule is CC(C)N1C(C(=O)Nc2nccs2)C(=O)c2ccccc2S1(=O)=O. The molecule has 1 N–H and O–H groups in total. The topological polar surface area (TPSA) is 96.4 Å². The number of hydrogen-bond donors (Lipinski definition) is 1. The Morgan fingerprint density at radius 1 is 1.33 bits per heavy atom. The van der Waals surface area contributed by atoms with Gasteiger partial charge in [-0.25, -0.2) is 13.4 Å². The summed E-state index contributed by atoms with van der Waals surface area (Å²) in [5, 5.41) is 4.50. The van der Waals surface area contributed by atoms with Gasteiger partial charge in [0.05, 0.1) is 4.90 Å². The van der Waals surface area contributed by atoms with Crippen molar-refractivity contribution in [3.63, 3.8) is 0 Å². The number of carbonyl (C=O) groups is 2. The summed E-state index contributed by atoms with van der Waals surface area (Å²) in [5.74, 6) is -1.25. The predicted octanol–water partition coefficient (Wildman–Crippen LogP) is 1.75. The van der Waals surface area contributed by atoms with Crippen molar-refractivity contribution in [3.8, 4) is 0 Å². The number of ketones is 1. The molecule has 0 spiro atoms. The minimum atomic E-state index is -3.95. The fraction of sp³-hybridized carbons (Fsp3) is 0.267. The van der Waals surface area contributed by atoms with E-state index in [0.29, 0.717) is 5.13 Å². The predicted molar refractivity (Wildman–Crippen MR) is 89.5 cm³/mol. The van der Waals surface area contributed by atoms with Gasteiger partial charge in [-0.2, -0.15) is 4.31 Å². The third kappa shape index (κ3) is 2.64. The highest BCUT2D eigenvalue weighted by atomic mass is 32.2. The molecule has 126 valence electrons. The first-order valence-corrected chi connectivity index (χ1v) is 9.53. The Labute approximate surface area is 143 Å². The summed E-state index contributed by atoms with van der Waals surface area (Å²) in [6.45, 7) is 3.25. The summed E-state index contributed by atoms with van der Waals surface area (Å²) in [5.41, 5.74) is 0.0358. The molecule has 1 aliphatic heterocycles. The van der Waals surface area contributed by atoms with Crippen molar-refractivity contribution >= 4 is 38.2 Å². The second-order valence-corrected chi connectivity index (χ2v) is 8.22. The molecule has 1 aromatic carbocycles. The molecular weight excluding hydrogens is 350 g/mol. The smallest absolute Gasteiger partial charge is 0.252 e. The Bertz CT molecular complexity index is 891. The number of nitrogens with one attached hydrogen (secondary N) is 1. The number of hydrogen-bond acceptors (Lipinski definition) is 6. The Kier molecular flexibility index (Phi) is 4.24. The molecule has 1 aliphatic rings. The van der Waals surface area contributed by atoms with Gasteiger partial charge in [-0.3, -0.25) is 9.59 Å². The van der Waals surface area contributed by atoms with Gasteiger partial charge in [0.15, 0.2) is 17.0 Å². The first-order chi connectivity index (χ1) is 11.3. The summed E-state index contributed by atoms with van der Waals surface area (Å²) in [7, 11) is -3.95. The lowest BCUT2D eigenvalue weighted by atomic mass is 10.0. The molecule has 3 rings (SSSR count). The fourth-order valence-electron chi connectivity index (χ4n) is 2.68. The summed E-state index contributed by atoms with van der Waals surface area (Å²) in [6, 6.07) is 3.93. The van der Waals surface area contributed by atoms with Gasteiger partial charge in [-0.05, 0) is 26.0 Å². The molecule has 7 nitrogen and oxygen atoms in total. The molecule has 0 saturated heterocycles. The largest absolute Gasteiger partial charge is 0.300 e. The number of sulfonamides is 1. The minimum Gasteiger partial charge on any atom is -0.300 e. The van der Waals surface area contributed by atoms with Gasteiger partial charge >= 0.3 is 0 Å². The lowest BCUT2D eigenvalue weighted by Crippen LogP contribution is -2.57. The average Bonchev–Trinajstić information content (AvgIpc) is 3.03. The maximum Gasteiger partial charge on any atom is 0.252 e. The molecule has 1 atom stereocenters. The molecule has 1 aromatic heterocycles. The third-order valence-electron chi connectivity index (χ3n) is 3.63. The van der Waals surface area contributed by atoms with Crippen LogP contribution in [0, 0.1) is 0 Å². The van der Waals surface area contributed by atoms with Crippen LogP contribution in [0.2, 0.25) is 0 Å². The average molecular weight is 365 g/mol. The van der Waals surface area contributed by atoms with E-state index < -0.39 is 33.8 Å². The molecule has 1 amide bonds. The number of rotatable bonds is 3. The van der Waals surface area contributed by atoms with Crippen LogP contribution in [0.25, 0.3) is 0 Å². The zero-order chi connectivity index (χ0) is 17.5. The molecule has 2 aromatic rings. The molecule has 9 heteroatoms. The van der Waals surface area contributed by atoms with Crippen LogP contribution in [0.3, 0.4) is 0 Å². The Morgan fingerprint density at radius 2 is 2.04 bits per heavy atom. The van der Waals surface area contributed by atoms with Gasteiger partial charge in [-0.15, -0.1) is 11.3 Å². The molecule has 2 heterocycles. The van der Waals surface area contributed by atoms with Crippen LogP contribution in [0.1, 0.15) is 24.2 Å². The van der Waals surface area contributed by atoms with Crippen molar-refractivity contribution in [2.45, 2.75) is 30.8 Å². The highest BCUT2D eigenvalue weighted by molar-refractivity contribution is 7.89. The molecule has 0 aliphatic carbocycles. The van der Waals surface area contributed by atoms with Crippen LogP contribution >= 0.6 is 11.3 Å². The molecule has 0 fully saturated rings. The summed E-state index contributed by atoms with van der Waals surface area (Å²) in [6.07, 6.45) is 1.51. The van der Waals surface area contributed by atoms with Crippen molar-refractivity contribution in [1.29, 1.82) is 0 Å². The van der Waals surface area contributed by atoms with Crippen LogP contribution in [0.15, 0.2) is 40.7 Å². The Balaban J connectivity index is 2.10. The molecule has 0 saturated carbocycles. The van der Waals surface area contributed by atoms with Gasteiger partial charge in [-0.1, -0.05) is 12.1 Å². The van der Waals surface area contributed by atoms with Gasteiger partial charge in [0, 0.05) is 23.2 Å². The number of carbonyl (C=O) groups excluding carboxylic acids is 2. The van der Waals surface area contributed by atoms with Crippen LogP contribution < -0.4 is 5.32 Å². The number of anilines is 1. The second-order valence-electron chi connectivity index (χ2n) is 5.52. The first-order valence-electron chi connectivity index (χ1n) is 7.21. The van der Waals surface area contributed by atoms with E-state index >= 15 is 0 Å². The first kappa shape index (κ1) is 16.7. The number of aromatic nitrogens is 1. The van der Waals surface area contributed by atoms with E-state index in [4.69, 9.17) is 0 Å². The van der Waals surface area contributed by atoms with Crippen LogP contribution in [-0.4, -0.2) is 41.5 Å². The number of nitrogens with zero attached hydrogens (tertiary/aromatic N) is 2. The maximum absolute atomic E-state index is 12.9. The molecule has 1 unspecified atom stereocenters. The lowest BCUT2D eigenvalue weighted by molar-refractivity contribution is -0.118. The van der Waals surface area contributed by atoms with Crippen LogP contribution in [0.5, 0.6) is 0 Å². The summed E-state index contributed by atoms with van der Waals surface area (Å²) < 4.78 is 26.7. The van der Waals surface area contributed by atoms with E-state index in [1.54, 1.807) is 31.4 Å². The summed E-state index contributed by atoms with van der Waals surface area (Å²) in [4.78, 5) is 29.3. The van der Waals surface area contributed by atoms with Gasteiger partial charge in [0.25, 0.3) is 5.91 Å². The number of amides is 1. The monoisotopic (exact) mass is 365 g/mol. The molecule has 24 heavy (non-hydrogen) atoms. The van der Waals surface area contributed by atoms with Crippen molar-refractivity contribution in [2.75, 3.05) is 5.32 Å². The number of Topliss-reactive ketones (excluding diaryl/α,β-unsaturated/α-hetero) is 1. The molecular formula is C15H15N3O4S2. The Hall–Kier alpha value is -2.10. The van der Waals surface area contributed by atoms with E-state index in [2.05, 4.69) is 10.3 Å². The number of fused-ring (bicyclic) bond motifs is 1. The van der Waals surface area contributed by atoms with Crippen LogP contribution in [0.4, 0.5) is 5.13 Å². The fourth-order valence-corrected chi connectivity index (χ4v) is 5.16. The van der Waals surface area contributed by atoms with E-state index in [1.807, 2.05) is 0 Å². The number of benzene rings is 1. The van der Waals surface area contributed by atoms with Crippen LogP contribution in [-0.2, 0) is 14.8 Å². The van der Waals surface area contributed by atoms with Crippen molar-refractivity contribution in [1.82, 2.24) is 9.29 Å². The zero-order valence-electron chi connectivity index (χ0n) is 13.0. The molecule has 0 radical (unpaired) electrons. The Morgan fingerprint density at radius 3 is 2.67 bits per heavy atom. The van der Waals surface area contributed by atoms with Crippen molar-refractivity contribution < 1.29 is 18.0 Å². The van der Waals surface area contributed by atoms with Gasteiger partial charge in [0.1, 0.15) is 0 Å². The van der Waals surface area contributed by atoms with E-state index in [1.165, 1.54) is 29.7 Å². The highest BCUT2D eigenvalue weighted by Crippen LogP contribution is 2.32. The van der Waals surface area contributed by atoms with E-state index in [-0.39, 0.29) is 10.5 Å². The lowest BCUT2D eigenvalue weighted by Gasteiger charge is -2.36. The van der Waals surface area contributed by atoms with Gasteiger partial charge in [0.2, 0.25) is 10.0 Å². The molecule has 0 bridgehead atoms. The van der Waals surface area contributed by atoms with Crippen molar-refractivity contribution in [3.05, 3.63) is 41.4 Å². The van der Waals surface area contributed by atoms with E-state index in [0.717, 1.165) is 4.31 Å². The second kappa shape index (κ2) is 6.08. The van der Waals surface area contributed by atoms with Gasteiger partial charge < -0.3 is 5.32 Å². The van der Waals surface area contributed by atoms with E-state index in [9.17, 15) is 18.0 Å². The third-order valence-corrected chi connectivity index (χ3v) is 6.42. The normalized spacial score (nSPS) is 20.0. The van der Waals surface area contributed by atoms with Crippen molar-refractivity contribution in [2.24, 2.45) is 0 Å².